The Labute approximate surface area is 50.3 Å². The van der Waals surface area contributed by atoms with Crippen molar-refractivity contribution in [2.45, 2.75) is 13.8 Å². The van der Waals surface area contributed by atoms with Gasteiger partial charge in [0.05, 0.1) is 6.67 Å². The van der Waals surface area contributed by atoms with Gasteiger partial charge in [-0.15, -0.1) is 0 Å². The maximum absolute atomic E-state index is 11.4. The smallest absolute Gasteiger partial charge is 0.0946 e. The van der Waals surface area contributed by atoms with Crippen molar-refractivity contribution in [1.82, 2.24) is 5.32 Å². The zero-order valence-electron chi connectivity index (χ0n) is 5.58. The second kappa shape index (κ2) is 5.04. The summed E-state index contributed by atoms with van der Waals surface area (Å²) in [4.78, 5) is 0. The summed E-state index contributed by atoms with van der Waals surface area (Å²) in [5, 5.41) is 2.97. The molecule has 1 fully saturated rings. The molecule has 1 N–H and O–H groups in total. The molecular weight excluding hydrogens is 105 g/mol. The van der Waals surface area contributed by atoms with Crippen molar-refractivity contribution < 1.29 is 4.39 Å². The number of nitrogens with one attached hydrogen (secondary N) is 1. The van der Waals surface area contributed by atoms with Crippen molar-refractivity contribution in [2.75, 3.05) is 19.8 Å². The first-order valence-electron chi connectivity index (χ1n) is 3.20. The van der Waals surface area contributed by atoms with Gasteiger partial charge in [0.2, 0.25) is 0 Å². The monoisotopic (exact) mass is 119 g/mol. The molecule has 0 saturated carbocycles. The van der Waals surface area contributed by atoms with Gasteiger partial charge >= 0.3 is 0 Å². The topological polar surface area (TPSA) is 12.0 Å². The lowest BCUT2D eigenvalue weighted by molar-refractivity contribution is 0.269. The Bertz CT molecular complexity index is 41.0. The van der Waals surface area contributed by atoms with E-state index in [1.54, 1.807) is 0 Å². The van der Waals surface area contributed by atoms with Crippen LogP contribution in [0.15, 0.2) is 0 Å². The Hall–Kier alpha value is -0.110. The number of hydrogen-bond donors (Lipinski definition) is 1. The first-order chi connectivity index (χ1) is 3.93. The van der Waals surface area contributed by atoms with Gasteiger partial charge in [0.1, 0.15) is 0 Å². The predicted octanol–water partition coefficient (Wildman–Crippen LogP) is 1.20. The van der Waals surface area contributed by atoms with Crippen molar-refractivity contribution in [3.05, 3.63) is 0 Å². The Morgan fingerprint density at radius 1 is 1.50 bits per heavy atom. The molecule has 0 aromatic carbocycles. The highest BCUT2D eigenvalue weighted by Crippen LogP contribution is 2.00. The molecule has 0 atom stereocenters. The molecule has 0 amide bonds. The minimum Gasteiger partial charge on any atom is -0.316 e. The van der Waals surface area contributed by atoms with Crippen LogP contribution in [0.4, 0.5) is 4.39 Å². The fraction of sp³-hybridized carbons (Fsp3) is 1.00. The predicted molar refractivity (Wildman–Crippen MR) is 33.7 cm³/mol. The summed E-state index contributed by atoms with van der Waals surface area (Å²) in [6.45, 7) is 5.63. The molecule has 50 valence electrons. The average Bonchev–Trinajstić information content (AvgIpc) is 1.69. The lowest BCUT2D eigenvalue weighted by Gasteiger charge is -2.23. The summed E-state index contributed by atoms with van der Waals surface area (Å²) in [5.74, 6) is 0.338. The fourth-order valence-corrected chi connectivity index (χ4v) is 0.458. The SMILES string of the molecule is CC.FCC1CNC1. The Morgan fingerprint density at radius 2 is 2.00 bits per heavy atom. The van der Waals surface area contributed by atoms with Crippen LogP contribution >= 0.6 is 0 Å². The molecule has 0 aromatic heterocycles. The van der Waals surface area contributed by atoms with Crippen molar-refractivity contribution in [2.24, 2.45) is 5.92 Å². The van der Waals surface area contributed by atoms with Crippen LogP contribution in [0.2, 0.25) is 0 Å². The molecule has 0 radical (unpaired) electrons. The van der Waals surface area contributed by atoms with Gasteiger partial charge in [0, 0.05) is 19.0 Å². The molecule has 0 unspecified atom stereocenters. The highest BCUT2D eigenvalue weighted by Gasteiger charge is 2.14. The van der Waals surface area contributed by atoms with E-state index in [1.165, 1.54) is 0 Å². The number of alkyl halides is 1. The zero-order valence-corrected chi connectivity index (χ0v) is 5.58. The van der Waals surface area contributed by atoms with Gasteiger partial charge in [-0.1, -0.05) is 13.8 Å². The molecule has 1 saturated heterocycles. The maximum atomic E-state index is 11.4. The molecular formula is C6H14FN. The van der Waals surface area contributed by atoms with E-state index >= 15 is 0 Å². The van der Waals surface area contributed by atoms with Crippen LogP contribution in [0.3, 0.4) is 0 Å². The van der Waals surface area contributed by atoms with Crippen LogP contribution in [0.1, 0.15) is 13.8 Å². The van der Waals surface area contributed by atoms with E-state index < -0.39 is 0 Å². The molecule has 1 nitrogen and oxygen atoms in total. The van der Waals surface area contributed by atoms with Gasteiger partial charge in [-0.25, -0.2) is 0 Å². The van der Waals surface area contributed by atoms with E-state index in [9.17, 15) is 4.39 Å². The molecule has 2 heteroatoms. The highest BCUT2D eigenvalue weighted by molar-refractivity contribution is 4.72. The Kier molecular flexibility index (Phi) is 4.97. The van der Waals surface area contributed by atoms with Crippen LogP contribution in [0, 0.1) is 5.92 Å². The van der Waals surface area contributed by atoms with Crippen molar-refractivity contribution >= 4 is 0 Å². The molecule has 1 heterocycles. The quantitative estimate of drug-likeness (QED) is 0.547. The summed E-state index contributed by atoms with van der Waals surface area (Å²) in [5.41, 5.74) is 0. The molecule has 0 bridgehead atoms. The summed E-state index contributed by atoms with van der Waals surface area (Å²) in [6.07, 6.45) is 0. The molecule has 1 rings (SSSR count). The largest absolute Gasteiger partial charge is 0.316 e. The normalized spacial score (nSPS) is 18.4. The maximum Gasteiger partial charge on any atom is 0.0946 e. The molecule has 1 aliphatic rings. The number of hydrogen-bond acceptors (Lipinski definition) is 1. The third-order valence-electron chi connectivity index (χ3n) is 1.08. The van der Waals surface area contributed by atoms with Crippen molar-refractivity contribution in [1.29, 1.82) is 0 Å². The highest BCUT2D eigenvalue weighted by atomic mass is 19.1. The van der Waals surface area contributed by atoms with Gasteiger partial charge in [-0.05, 0) is 0 Å². The lowest BCUT2D eigenvalue weighted by atomic mass is 10.1. The lowest BCUT2D eigenvalue weighted by Crippen LogP contribution is -2.42. The van der Waals surface area contributed by atoms with Crippen molar-refractivity contribution in [3.8, 4) is 0 Å². The van der Waals surface area contributed by atoms with Crippen LogP contribution in [0.25, 0.3) is 0 Å². The van der Waals surface area contributed by atoms with Crippen LogP contribution < -0.4 is 5.32 Å². The number of halogens is 1. The Morgan fingerprint density at radius 3 is 2.00 bits per heavy atom. The first-order valence-corrected chi connectivity index (χ1v) is 3.20. The second-order valence-corrected chi connectivity index (χ2v) is 1.68. The molecule has 0 spiro atoms. The van der Waals surface area contributed by atoms with E-state index in [-0.39, 0.29) is 6.67 Å². The van der Waals surface area contributed by atoms with E-state index in [1.807, 2.05) is 13.8 Å². The van der Waals surface area contributed by atoms with E-state index in [4.69, 9.17) is 0 Å². The van der Waals surface area contributed by atoms with E-state index in [0.717, 1.165) is 13.1 Å². The molecule has 0 aliphatic carbocycles. The average molecular weight is 119 g/mol. The molecule has 8 heavy (non-hydrogen) atoms. The minimum absolute atomic E-state index is 0.146. The van der Waals surface area contributed by atoms with Gasteiger partial charge in [0.15, 0.2) is 0 Å². The summed E-state index contributed by atoms with van der Waals surface area (Å²) in [7, 11) is 0. The van der Waals surface area contributed by atoms with Gasteiger partial charge in [-0.3, -0.25) is 4.39 Å². The zero-order chi connectivity index (χ0) is 6.41. The van der Waals surface area contributed by atoms with Gasteiger partial charge in [-0.2, -0.15) is 0 Å². The summed E-state index contributed by atoms with van der Waals surface area (Å²) in [6, 6.07) is 0. The number of rotatable bonds is 1. The van der Waals surface area contributed by atoms with Crippen LogP contribution in [-0.4, -0.2) is 19.8 Å². The standard InChI is InChI=1S/C4H8FN.C2H6/c5-1-4-2-6-3-4;1-2/h4,6H,1-3H2;1-2H3. The van der Waals surface area contributed by atoms with Crippen LogP contribution in [0.5, 0.6) is 0 Å². The molecule has 0 aromatic rings. The summed E-state index contributed by atoms with van der Waals surface area (Å²) >= 11 is 0. The van der Waals surface area contributed by atoms with E-state index in [0.29, 0.717) is 5.92 Å². The summed E-state index contributed by atoms with van der Waals surface area (Å²) < 4.78 is 11.4. The van der Waals surface area contributed by atoms with Crippen LogP contribution in [-0.2, 0) is 0 Å². The van der Waals surface area contributed by atoms with Gasteiger partial charge < -0.3 is 5.32 Å². The fourth-order valence-electron chi connectivity index (χ4n) is 0.458. The van der Waals surface area contributed by atoms with Gasteiger partial charge in [0.25, 0.3) is 0 Å². The third-order valence-corrected chi connectivity index (χ3v) is 1.08. The Balaban J connectivity index is 0.000000222. The molecule has 1 aliphatic heterocycles. The van der Waals surface area contributed by atoms with Crippen molar-refractivity contribution in [3.63, 3.8) is 0 Å². The third kappa shape index (κ3) is 2.26. The van der Waals surface area contributed by atoms with E-state index in [2.05, 4.69) is 5.32 Å². The second-order valence-electron chi connectivity index (χ2n) is 1.68. The first kappa shape index (κ1) is 7.89. The minimum atomic E-state index is -0.146.